The van der Waals surface area contributed by atoms with E-state index in [0.29, 0.717) is 59.2 Å². The Morgan fingerprint density at radius 3 is 2.39 bits per heavy atom. The lowest BCUT2D eigenvalue weighted by molar-refractivity contribution is -0.116. The van der Waals surface area contributed by atoms with Crippen molar-refractivity contribution in [1.29, 1.82) is 0 Å². The van der Waals surface area contributed by atoms with Crippen LogP contribution in [-0.2, 0) is 29.5 Å². The van der Waals surface area contributed by atoms with E-state index in [9.17, 15) is 13.8 Å². The molecule has 2 aromatic carbocycles. The second-order valence-corrected chi connectivity index (χ2v) is 15.2. The number of carbonyl (C=O) groups excluding carboxylic acids is 1. The van der Waals surface area contributed by atoms with E-state index in [1.54, 1.807) is 37.7 Å². The molecular weight excluding hydrogens is 680 g/mol. The predicted octanol–water partition coefficient (Wildman–Crippen LogP) is 7.20. The first-order chi connectivity index (χ1) is 24.0. The highest BCUT2D eigenvalue weighted by atomic mass is 31.2. The fraction of sp³-hybridized carbons (Fsp3) is 0.486. The molecule has 0 saturated carbocycles. The number of nitrogens with one attached hydrogen (secondary N) is 2. The summed E-state index contributed by atoms with van der Waals surface area (Å²) >= 11 is 0. The molecule has 0 saturated heterocycles. The summed E-state index contributed by atoms with van der Waals surface area (Å²) in [7, 11) is -2.22. The summed E-state index contributed by atoms with van der Waals surface area (Å²) in [6.45, 7) is 15.4. The highest BCUT2D eigenvalue weighted by Crippen LogP contribution is 2.55. The zero-order chi connectivity index (χ0) is 37.2. The van der Waals surface area contributed by atoms with E-state index in [0.717, 1.165) is 13.1 Å². The zero-order valence-electron chi connectivity index (χ0n) is 30.6. The third-order valence-electron chi connectivity index (χ3n) is 6.98. The number of halogens is 1. The molecule has 0 spiro atoms. The molecule has 278 valence electrons. The maximum atomic E-state index is 13.5. The standard InChI is InChI=1S/C35H49FN7O7P/c1-9-42(15-17-48-51(45,49-34(2,3)4)50-35(5,6)7)14-11-16-47-31-20-29-28(19-30(31)46-8)33(38-24-37-29)41-27-21-39-43(22-27)23-32(44)40-26-13-10-12-25(36)18-26/h10,12-13,18-22,24H,9,11,14-17,23H2,1-8H3,(H,40,44)(H,37,38,41). The Morgan fingerprint density at radius 1 is 0.980 bits per heavy atom. The first kappa shape index (κ1) is 39.6. The Morgan fingerprint density at radius 2 is 1.73 bits per heavy atom. The lowest BCUT2D eigenvalue weighted by Crippen LogP contribution is -2.30. The molecule has 2 aromatic heterocycles. The van der Waals surface area contributed by atoms with Crippen LogP contribution in [0.2, 0.25) is 0 Å². The number of amides is 1. The molecule has 2 N–H and O–H groups in total. The van der Waals surface area contributed by atoms with Gasteiger partial charge in [0.25, 0.3) is 0 Å². The molecule has 0 bridgehead atoms. The molecule has 1 amide bonds. The van der Waals surface area contributed by atoms with Crippen molar-refractivity contribution >= 4 is 41.8 Å². The van der Waals surface area contributed by atoms with Gasteiger partial charge in [-0.1, -0.05) is 13.0 Å². The summed E-state index contributed by atoms with van der Waals surface area (Å²) < 4.78 is 57.2. The molecule has 0 fully saturated rings. The number of fused-ring (bicyclic) bond motifs is 1. The third-order valence-corrected chi connectivity index (χ3v) is 9.02. The van der Waals surface area contributed by atoms with Crippen molar-refractivity contribution in [2.45, 2.75) is 72.6 Å². The van der Waals surface area contributed by atoms with Crippen molar-refractivity contribution in [2.24, 2.45) is 0 Å². The van der Waals surface area contributed by atoms with Crippen LogP contribution in [0.25, 0.3) is 10.9 Å². The number of hydrogen-bond donors (Lipinski definition) is 2. The number of likely N-dealkylation sites (N-methyl/N-ethyl adjacent to an activating group) is 1. The topological polar surface area (TPSA) is 151 Å². The molecule has 16 heteroatoms. The second-order valence-electron chi connectivity index (χ2n) is 13.7. The van der Waals surface area contributed by atoms with Gasteiger partial charge < -0.3 is 25.0 Å². The smallest absolute Gasteiger partial charge is 0.475 e. The van der Waals surface area contributed by atoms with Gasteiger partial charge in [0, 0.05) is 36.4 Å². The van der Waals surface area contributed by atoms with Crippen LogP contribution >= 0.6 is 7.82 Å². The normalized spacial score (nSPS) is 12.4. The van der Waals surface area contributed by atoms with Crippen LogP contribution in [0.5, 0.6) is 11.5 Å². The predicted molar refractivity (Wildman–Crippen MR) is 194 cm³/mol. The average molecular weight is 730 g/mol. The number of ether oxygens (including phenoxy) is 2. The van der Waals surface area contributed by atoms with Gasteiger partial charge in [-0.05, 0) is 78.8 Å². The molecule has 2 heterocycles. The number of rotatable bonds is 18. The van der Waals surface area contributed by atoms with E-state index in [2.05, 4.69) is 30.6 Å². The summed E-state index contributed by atoms with van der Waals surface area (Å²) in [4.78, 5) is 23.4. The molecule has 0 aliphatic rings. The van der Waals surface area contributed by atoms with Crippen LogP contribution in [0.15, 0.2) is 55.1 Å². The Hall–Kier alpha value is -4.14. The Labute approximate surface area is 298 Å². The molecule has 4 aromatic rings. The molecule has 14 nitrogen and oxygen atoms in total. The maximum absolute atomic E-state index is 13.5. The van der Waals surface area contributed by atoms with Gasteiger partial charge in [0.15, 0.2) is 11.5 Å². The summed E-state index contributed by atoms with van der Waals surface area (Å²) in [5.74, 6) is 0.779. The fourth-order valence-corrected chi connectivity index (χ4v) is 6.71. The number of carbonyl (C=O) groups is 1. The minimum absolute atomic E-state index is 0.0675. The first-order valence-electron chi connectivity index (χ1n) is 16.7. The largest absolute Gasteiger partial charge is 0.493 e. The second kappa shape index (κ2) is 17.4. The number of methoxy groups -OCH3 is 1. The van der Waals surface area contributed by atoms with Gasteiger partial charge in [0.1, 0.15) is 24.5 Å². The van der Waals surface area contributed by atoms with Gasteiger partial charge in [-0.15, -0.1) is 0 Å². The number of phosphoric ester groups is 1. The van der Waals surface area contributed by atoms with Crippen molar-refractivity contribution in [3.8, 4) is 11.5 Å². The monoisotopic (exact) mass is 729 g/mol. The van der Waals surface area contributed by atoms with E-state index in [1.807, 2.05) is 48.5 Å². The van der Waals surface area contributed by atoms with Crippen molar-refractivity contribution in [3.05, 3.63) is 60.9 Å². The highest BCUT2D eigenvalue weighted by Gasteiger charge is 2.37. The van der Waals surface area contributed by atoms with E-state index in [4.69, 9.17) is 23.0 Å². The van der Waals surface area contributed by atoms with Gasteiger partial charge in [-0.3, -0.25) is 23.0 Å². The zero-order valence-corrected chi connectivity index (χ0v) is 31.5. The summed E-state index contributed by atoms with van der Waals surface area (Å²) in [6, 6.07) is 9.28. The molecule has 0 aliphatic carbocycles. The van der Waals surface area contributed by atoms with E-state index < -0.39 is 24.8 Å². The lowest BCUT2D eigenvalue weighted by atomic mass is 10.2. The van der Waals surface area contributed by atoms with Gasteiger partial charge in [0.2, 0.25) is 5.91 Å². The maximum Gasteiger partial charge on any atom is 0.475 e. The van der Waals surface area contributed by atoms with Crippen LogP contribution in [0, 0.1) is 5.82 Å². The van der Waals surface area contributed by atoms with E-state index >= 15 is 0 Å². The number of benzene rings is 2. The molecule has 0 aliphatic heterocycles. The van der Waals surface area contributed by atoms with Crippen LogP contribution in [-0.4, -0.2) is 81.7 Å². The van der Waals surface area contributed by atoms with E-state index in [-0.39, 0.29) is 19.1 Å². The third kappa shape index (κ3) is 12.8. The first-order valence-corrected chi connectivity index (χ1v) is 18.2. The van der Waals surface area contributed by atoms with Gasteiger partial charge in [0.05, 0.1) is 48.9 Å². The molecular formula is C35H49FN7O7P. The Balaban J connectivity index is 1.31. The quantitative estimate of drug-likeness (QED) is 0.0787. The number of phosphoric acid groups is 1. The average Bonchev–Trinajstić information content (AvgIpc) is 3.46. The molecule has 0 radical (unpaired) electrons. The van der Waals surface area contributed by atoms with Crippen LogP contribution < -0.4 is 20.1 Å². The Kier molecular flexibility index (Phi) is 13.5. The fourth-order valence-electron chi connectivity index (χ4n) is 4.92. The highest BCUT2D eigenvalue weighted by molar-refractivity contribution is 7.48. The van der Waals surface area contributed by atoms with Crippen LogP contribution in [0.1, 0.15) is 54.9 Å². The van der Waals surface area contributed by atoms with Gasteiger partial charge in [-0.25, -0.2) is 18.9 Å². The molecule has 51 heavy (non-hydrogen) atoms. The molecule has 0 unspecified atom stereocenters. The summed E-state index contributed by atoms with van der Waals surface area (Å²) in [5.41, 5.74) is 0.204. The Bertz CT molecular complexity index is 1790. The molecule has 4 rings (SSSR count). The van der Waals surface area contributed by atoms with Crippen LogP contribution in [0.3, 0.4) is 0 Å². The molecule has 0 atom stereocenters. The summed E-state index contributed by atoms with van der Waals surface area (Å²) in [6.07, 6.45) is 5.39. The van der Waals surface area contributed by atoms with E-state index in [1.165, 1.54) is 29.2 Å². The van der Waals surface area contributed by atoms with Crippen LogP contribution in [0.4, 0.5) is 21.6 Å². The van der Waals surface area contributed by atoms with Crippen molar-refractivity contribution in [3.63, 3.8) is 0 Å². The number of nitrogens with zero attached hydrogens (tertiary/aromatic N) is 5. The van der Waals surface area contributed by atoms with Crippen molar-refractivity contribution in [1.82, 2.24) is 24.6 Å². The SMILES string of the molecule is CCN(CCCOc1cc2ncnc(Nc3cnn(CC(=O)Nc4cccc(F)c4)c3)c2cc1OC)CCOP(=O)(OC(C)(C)C)OC(C)(C)C. The number of hydrogen-bond acceptors (Lipinski definition) is 12. The number of aromatic nitrogens is 4. The minimum atomic E-state index is -3.78. The summed E-state index contributed by atoms with van der Waals surface area (Å²) in [5, 5.41) is 10.8. The number of anilines is 3. The van der Waals surface area contributed by atoms with Gasteiger partial charge >= 0.3 is 7.82 Å². The van der Waals surface area contributed by atoms with Gasteiger partial charge in [-0.2, -0.15) is 5.10 Å². The minimum Gasteiger partial charge on any atom is -0.493 e. The lowest BCUT2D eigenvalue weighted by Gasteiger charge is -2.31. The van der Waals surface area contributed by atoms with Crippen molar-refractivity contribution in [2.75, 3.05) is 50.6 Å². The van der Waals surface area contributed by atoms with Crippen molar-refractivity contribution < 1.29 is 36.8 Å².